The Bertz CT molecular complexity index is 1270. The molecule has 3 aromatic rings. The molecular formula is C25H26Cl2F3N3O2. The van der Waals surface area contributed by atoms with Crippen LogP contribution in [0.1, 0.15) is 47.3 Å². The second-order valence-corrected chi connectivity index (χ2v) is 10.0. The number of aryl methyl sites for hydroxylation is 2. The van der Waals surface area contributed by atoms with E-state index in [2.05, 4.69) is 9.88 Å². The number of carboxylic acids is 1. The lowest BCUT2D eigenvalue weighted by Crippen LogP contribution is -2.34. The van der Waals surface area contributed by atoms with Gasteiger partial charge in [0.05, 0.1) is 5.02 Å². The number of carboxylic acid groups (broad SMARTS) is 1. The molecule has 1 N–H and O–H groups in total. The number of nitrogens with zero attached hydrogens (tertiary/aromatic N) is 3. The fourth-order valence-corrected chi connectivity index (χ4v) is 5.33. The normalized spacial score (nSPS) is 15.7. The highest BCUT2D eigenvalue weighted by Gasteiger charge is 2.33. The lowest BCUT2D eigenvalue weighted by atomic mass is 9.93. The maximum Gasteiger partial charge on any atom is 0.433 e. The maximum atomic E-state index is 13.3. The van der Waals surface area contributed by atoms with Crippen molar-refractivity contribution in [2.24, 2.45) is 13.0 Å². The van der Waals surface area contributed by atoms with Gasteiger partial charge in [-0.2, -0.15) is 13.2 Å². The Morgan fingerprint density at radius 3 is 2.51 bits per heavy atom. The van der Waals surface area contributed by atoms with Crippen molar-refractivity contribution < 1.29 is 23.1 Å². The largest absolute Gasteiger partial charge is 0.481 e. The van der Waals surface area contributed by atoms with Crippen LogP contribution in [0.5, 0.6) is 0 Å². The Morgan fingerprint density at radius 1 is 1.20 bits per heavy atom. The summed E-state index contributed by atoms with van der Waals surface area (Å²) in [5.41, 5.74) is 2.23. The van der Waals surface area contributed by atoms with E-state index in [0.29, 0.717) is 39.5 Å². The molecular weight excluding hydrogens is 502 g/mol. The molecule has 3 heterocycles. The van der Waals surface area contributed by atoms with Gasteiger partial charge in [0.15, 0.2) is 0 Å². The number of carbonyl (C=O) groups is 1. The van der Waals surface area contributed by atoms with Crippen LogP contribution in [0.15, 0.2) is 24.3 Å². The zero-order valence-electron chi connectivity index (χ0n) is 19.4. The molecule has 0 atom stereocenters. The molecule has 1 saturated heterocycles. The van der Waals surface area contributed by atoms with E-state index in [-0.39, 0.29) is 18.0 Å². The number of benzene rings is 1. The predicted molar refractivity (Wildman–Crippen MR) is 130 cm³/mol. The molecule has 1 aliphatic heterocycles. The van der Waals surface area contributed by atoms with Crippen LogP contribution >= 0.6 is 23.2 Å². The van der Waals surface area contributed by atoms with E-state index in [4.69, 9.17) is 28.3 Å². The van der Waals surface area contributed by atoms with E-state index >= 15 is 0 Å². The first-order chi connectivity index (χ1) is 16.4. The van der Waals surface area contributed by atoms with Gasteiger partial charge >= 0.3 is 12.1 Å². The molecule has 4 rings (SSSR count). The number of alkyl halides is 3. The highest BCUT2D eigenvalue weighted by molar-refractivity contribution is 6.36. The second kappa shape index (κ2) is 9.99. The van der Waals surface area contributed by atoms with Crippen molar-refractivity contribution in [3.8, 4) is 0 Å². The first-order valence-corrected chi connectivity index (χ1v) is 12.1. The number of halogens is 5. The van der Waals surface area contributed by atoms with E-state index in [0.717, 1.165) is 43.3 Å². The summed E-state index contributed by atoms with van der Waals surface area (Å²) in [5, 5.41) is 10.7. The molecule has 188 valence electrons. The molecule has 1 fully saturated rings. The third-order valence-electron chi connectivity index (χ3n) is 6.78. The predicted octanol–water partition coefficient (Wildman–Crippen LogP) is 6.48. The number of fused-ring (bicyclic) bond motifs is 1. The van der Waals surface area contributed by atoms with Crippen molar-refractivity contribution in [1.82, 2.24) is 14.5 Å². The monoisotopic (exact) mass is 527 g/mol. The van der Waals surface area contributed by atoms with Crippen LogP contribution in [0.4, 0.5) is 13.2 Å². The lowest BCUT2D eigenvalue weighted by Gasteiger charge is -2.31. The number of aliphatic carboxylic acids is 1. The van der Waals surface area contributed by atoms with Gasteiger partial charge in [-0.3, -0.25) is 9.69 Å². The van der Waals surface area contributed by atoms with Crippen molar-refractivity contribution in [3.05, 3.63) is 62.4 Å². The van der Waals surface area contributed by atoms with Gasteiger partial charge in [0.1, 0.15) is 11.3 Å². The molecule has 0 amide bonds. The number of likely N-dealkylation sites (tertiary alicyclic amines) is 1. The highest BCUT2D eigenvalue weighted by Crippen LogP contribution is 2.35. The first-order valence-electron chi connectivity index (χ1n) is 11.4. The molecule has 0 radical (unpaired) electrons. The summed E-state index contributed by atoms with van der Waals surface area (Å²) in [4.78, 5) is 17.1. The van der Waals surface area contributed by atoms with Gasteiger partial charge in [-0.1, -0.05) is 29.3 Å². The summed E-state index contributed by atoms with van der Waals surface area (Å²) >= 11 is 13.3. The minimum Gasteiger partial charge on any atom is -0.481 e. The lowest BCUT2D eigenvalue weighted by molar-refractivity contribution is -0.141. The summed E-state index contributed by atoms with van der Waals surface area (Å²) in [5.74, 6) is -0.566. The third-order valence-corrected chi connectivity index (χ3v) is 7.61. The van der Waals surface area contributed by atoms with Crippen LogP contribution < -0.4 is 0 Å². The van der Waals surface area contributed by atoms with Gasteiger partial charge < -0.3 is 9.67 Å². The van der Waals surface area contributed by atoms with E-state index in [1.807, 2.05) is 12.1 Å². The summed E-state index contributed by atoms with van der Waals surface area (Å²) in [7, 11) is 1.69. The fourth-order valence-electron chi connectivity index (χ4n) is 4.76. The molecule has 5 nitrogen and oxygen atoms in total. The Kier molecular flexibility index (Phi) is 7.36. The number of hydrogen-bond donors (Lipinski definition) is 1. The molecule has 1 aromatic carbocycles. The summed E-state index contributed by atoms with van der Waals surface area (Å²) in [6, 6.07) is 6.58. The second-order valence-electron chi connectivity index (χ2n) is 9.25. The summed E-state index contributed by atoms with van der Waals surface area (Å²) in [6.45, 7) is 3.85. The fraction of sp³-hybridized carbons (Fsp3) is 0.440. The van der Waals surface area contributed by atoms with E-state index in [1.54, 1.807) is 24.6 Å². The van der Waals surface area contributed by atoms with Crippen LogP contribution in [0.2, 0.25) is 10.0 Å². The Balaban J connectivity index is 1.57. The van der Waals surface area contributed by atoms with Crippen molar-refractivity contribution in [2.45, 2.75) is 45.3 Å². The van der Waals surface area contributed by atoms with E-state index in [9.17, 15) is 18.0 Å². The number of pyridine rings is 1. The molecule has 0 saturated carbocycles. The average Bonchev–Trinajstić information content (AvgIpc) is 3.09. The van der Waals surface area contributed by atoms with Crippen molar-refractivity contribution in [3.63, 3.8) is 0 Å². The molecule has 0 spiro atoms. The van der Waals surface area contributed by atoms with Gasteiger partial charge in [-0.25, -0.2) is 4.98 Å². The summed E-state index contributed by atoms with van der Waals surface area (Å²) in [6.07, 6.45) is -2.32. The van der Waals surface area contributed by atoms with E-state index in [1.165, 1.54) is 0 Å². The molecule has 1 aliphatic rings. The van der Waals surface area contributed by atoms with Crippen molar-refractivity contribution in [1.29, 1.82) is 0 Å². The molecule has 0 aliphatic carbocycles. The standard InChI is InChI=1S/C25H26Cl2F3N3O2/c1-14-9-21(25(28,29)30)31-24-18(14)11-17(32(24)2)12-19-20(26)4-3-16(23(19)27)13-33-7-5-15(6-8-33)10-22(34)35/h3-4,9,11,15H,5-8,10,12-13H2,1-2H3,(H,34,35). The van der Waals surface area contributed by atoms with Gasteiger partial charge in [-0.05, 0) is 73.7 Å². The van der Waals surface area contributed by atoms with Gasteiger partial charge in [0.2, 0.25) is 0 Å². The number of hydrogen-bond acceptors (Lipinski definition) is 3. The highest BCUT2D eigenvalue weighted by atomic mass is 35.5. The smallest absolute Gasteiger partial charge is 0.433 e. The van der Waals surface area contributed by atoms with Crippen molar-refractivity contribution in [2.75, 3.05) is 13.1 Å². The SMILES string of the molecule is Cc1cc(C(F)(F)F)nc2c1cc(Cc1c(Cl)ccc(CN3CCC(CC(=O)O)CC3)c1Cl)n2C. The molecule has 10 heteroatoms. The topological polar surface area (TPSA) is 58.4 Å². The van der Waals surface area contributed by atoms with Crippen LogP contribution in [0, 0.1) is 12.8 Å². The molecule has 35 heavy (non-hydrogen) atoms. The minimum absolute atomic E-state index is 0.196. The van der Waals surface area contributed by atoms with E-state index < -0.39 is 17.8 Å². The van der Waals surface area contributed by atoms with Crippen LogP contribution in [0.3, 0.4) is 0 Å². The average molecular weight is 528 g/mol. The Morgan fingerprint density at radius 2 is 1.89 bits per heavy atom. The van der Waals surface area contributed by atoms with Gasteiger partial charge in [-0.15, -0.1) is 0 Å². The first kappa shape index (κ1) is 25.8. The minimum atomic E-state index is -4.52. The number of piperidine rings is 1. The van der Waals surface area contributed by atoms with Crippen LogP contribution in [0.25, 0.3) is 11.0 Å². The van der Waals surface area contributed by atoms with Gasteiger partial charge in [0, 0.05) is 42.5 Å². The Hall–Kier alpha value is -2.29. The third kappa shape index (κ3) is 5.60. The summed E-state index contributed by atoms with van der Waals surface area (Å²) < 4.78 is 41.4. The quantitative estimate of drug-likeness (QED) is 0.398. The van der Waals surface area contributed by atoms with Crippen LogP contribution in [-0.2, 0) is 31.0 Å². The number of rotatable bonds is 6. The molecule has 2 aromatic heterocycles. The Labute approximate surface area is 211 Å². The molecule has 0 bridgehead atoms. The van der Waals surface area contributed by atoms with Crippen molar-refractivity contribution >= 4 is 40.2 Å². The zero-order valence-corrected chi connectivity index (χ0v) is 20.9. The maximum absolute atomic E-state index is 13.3. The van der Waals surface area contributed by atoms with Crippen LogP contribution in [-0.4, -0.2) is 38.6 Å². The number of aromatic nitrogens is 2. The van der Waals surface area contributed by atoms with Gasteiger partial charge in [0.25, 0.3) is 0 Å². The molecule has 0 unspecified atom stereocenters. The zero-order chi connectivity index (χ0) is 25.5.